The molecular weight excluding hydrogens is 953 g/mol. The van der Waals surface area contributed by atoms with Gasteiger partial charge >= 0.3 is 5.97 Å². The molecule has 0 saturated heterocycles. The molecule has 0 bridgehead atoms. The van der Waals surface area contributed by atoms with Gasteiger partial charge in [-0.05, 0) is 137 Å². The Morgan fingerprint density at radius 2 is 1.07 bits per heavy atom. The minimum Gasteiger partial charge on any atom is -0.488 e. The maximum Gasteiger partial charge on any atom is 0.335 e. The second-order valence-corrected chi connectivity index (χ2v) is 18.0. The topological polar surface area (TPSA) is 155 Å². The van der Waals surface area contributed by atoms with E-state index in [2.05, 4.69) is 9.88 Å². The number of carboxylic acid groups (broad SMARTS) is 1. The summed E-state index contributed by atoms with van der Waals surface area (Å²) in [5, 5.41) is 13.0. The van der Waals surface area contributed by atoms with Gasteiger partial charge in [0.2, 0.25) is 0 Å². The molecule has 3 heterocycles. The lowest BCUT2D eigenvalue weighted by molar-refractivity contribution is 0.0696. The van der Waals surface area contributed by atoms with Crippen LogP contribution in [0.3, 0.4) is 0 Å². The van der Waals surface area contributed by atoms with Crippen molar-refractivity contribution in [2.45, 2.75) is 45.8 Å². The van der Waals surface area contributed by atoms with Crippen LogP contribution in [0.2, 0.25) is 0 Å². The number of ether oxygens (including phenoxy) is 2. The normalized spacial score (nSPS) is 11.2. The van der Waals surface area contributed by atoms with Gasteiger partial charge in [-0.15, -0.1) is 0 Å². The van der Waals surface area contributed by atoms with Crippen molar-refractivity contribution in [2.24, 2.45) is 0 Å². The number of carbonyl (C=O) groups excluding carboxylic acids is 1. The lowest BCUT2D eigenvalue weighted by Crippen LogP contribution is -2.31. The largest absolute Gasteiger partial charge is 0.488 e. The molecule has 0 atom stereocenters. The molecule has 0 spiro atoms. The Morgan fingerprint density at radius 3 is 1.53 bits per heavy atom. The van der Waals surface area contributed by atoms with Gasteiger partial charge in [0, 0.05) is 62.7 Å². The number of aromatic carboxylic acids is 1. The monoisotopic (exact) mass is 996 g/mol. The zero-order chi connectivity index (χ0) is 51.3. The number of nitrogens with zero attached hydrogens (tertiary/aromatic N) is 3. The summed E-state index contributed by atoms with van der Waals surface area (Å²) in [6.45, 7) is 6.57. The number of sulfonamides is 1. The molecule has 9 rings (SSSR count). The molecule has 1 amide bonds. The number of rotatable bonds is 14. The van der Waals surface area contributed by atoms with E-state index in [1.54, 1.807) is 54.6 Å². The summed E-state index contributed by atoms with van der Waals surface area (Å²) in [7, 11) is -4.22. The van der Waals surface area contributed by atoms with Gasteiger partial charge in [0.05, 0.1) is 17.0 Å². The third-order valence-electron chi connectivity index (χ3n) is 11.5. The average molecular weight is 997 g/mol. The van der Waals surface area contributed by atoms with Gasteiger partial charge < -0.3 is 28.2 Å². The number of nitrogens with one attached hydrogen (secondary N) is 1. The van der Waals surface area contributed by atoms with E-state index in [-0.39, 0.29) is 51.8 Å². The van der Waals surface area contributed by atoms with E-state index in [0.29, 0.717) is 28.4 Å². The van der Waals surface area contributed by atoms with E-state index < -0.39 is 45.2 Å². The van der Waals surface area contributed by atoms with Gasteiger partial charge in [-0.25, -0.2) is 35.5 Å². The highest BCUT2D eigenvalue weighted by atomic mass is 32.2. The van der Waals surface area contributed by atoms with Crippen molar-refractivity contribution in [3.63, 3.8) is 0 Å². The lowest BCUT2D eigenvalue weighted by atomic mass is 10.1. The van der Waals surface area contributed by atoms with Crippen molar-refractivity contribution in [1.82, 2.24) is 19.0 Å². The molecule has 0 radical (unpaired) electrons. The number of benzene rings is 6. The molecule has 9 aromatic rings. The zero-order valence-corrected chi connectivity index (χ0v) is 39.8. The summed E-state index contributed by atoms with van der Waals surface area (Å²) >= 11 is 0. The third kappa shape index (κ3) is 10.9. The van der Waals surface area contributed by atoms with Gasteiger partial charge in [0.15, 0.2) is 10.7 Å². The molecule has 72 heavy (non-hydrogen) atoms. The van der Waals surface area contributed by atoms with Crippen molar-refractivity contribution in [2.75, 3.05) is 0 Å². The van der Waals surface area contributed by atoms with Crippen molar-refractivity contribution < 1.29 is 54.7 Å². The van der Waals surface area contributed by atoms with Crippen LogP contribution in [0.1, 0.15) is 54.7 Å². The van der Waals surface area contributed by atoms with E-state index in [0.717, 1.165) is 40.5 Å². The van der Waals surface area contributed by atoms with Gasteiger partial charge in [0.25, 0.3) is 15.9 Å². The van der Waals surface area contributed by atoms with Crippen LogP contribution in [0.15, 0.2) is 167 Å². The molecule has 366 valence electrons. The second-order valence-electron chi connectivity index (χ2n) is 16.4. The summed E-state index contributed by atoms with van der Waals surface area (Å²) in [6, 6.07) is 42.0. The van der Waals surface area contributed by atoms with E-state index in [9.17, 15) is 40.7 Å². The summed E-state index contributed by atoms with van der Waals surface area (Å²) < 4.78 is 103. The Kier molecular flexibility index (Phi) is 14.6. The van der Waals surface area contributed by atoms with Crippen LogP contribution in [-0.2, 0) is 23.2 Å². The average Bonchev–Trinajstić information content (AvgIpc) is 4.05. The van der Waals surface area contributed by atoms with Crippen molar-refractivity contribution in [3.8, 4) is 45.4 Å². The fourth-order valence-corrected chi connectivity index (χ4v) is 9.34. The Bertz CT molecular complexity index is 3580. The second kappa shape index (κ2) is 21.1. The van der Waals surface area contributed by atoms with E-state index in [1.165, 1.54) is 44.2 Å². The van der Waals surface area contributed by atoms with Gasteiger partial charge in [-0.3, -0.25) is 4.79 Å². The van der Waals surface area contributed by atoms with Crippen LogP contribution in [0.4, 0.5) is 17.6 Å². The van der Waals surface area contributed by atoms with Crippen LogP contribution in [-0.4, -0.2) is 39.7 Å². The number of hydrogen-bond donors (Lipinski definition) is 2. The highest BCUT2D eigenvalue weighted by molar-refractivity contribution is 7.90. The molecule has 3 aromatic heterocycles. The molecule has 6 aromatic carbocycles. The van der Waals surface area contributed by atoms with Crippen LogP contribution in [0.25, 0.3) is 33.9 Å². The maximum absolute atomic E-state index is 14.2. The van der Waals surface area contributed by atoms with E-state index in [1.807, 2.05) is 83.6 Å². The standard InChI is InChI=1S/C30H25F2N3O5S.C25H19F2NO3/c1-18-11-14-27(25-9-4-5-10-28(25)39-17-22-12-13-23(31)16-26(22)32)35(18)24-8-6-7-21(15-24)30(36)34-41(37,38)29-19(2)33-40-20(29)3;1-16-9-12-23(28(16)20-6-4-5-17(13-20)25(29)30)21-7-2-3-8-24(21)31-15-18-10-11-19(26)14-22(18)27/h4-16H,17H2,1-3H3,(H,34,36);2-14H,15H2,1H3,(H,29,30). The van der Waals surface area contributed by atoms with Gasteiger partial charge in [-0.1, -0.05) is 41.6 Å². The van der Waals surface area contributed by atoms with Crippen LogP contribution < -0.4 is 14.2 Å². The summed E-state index contributed by atoms with van der Waals surface area (Å²) in [4.78, 5) is 24.3. The summed E-state index contributed by atoms with van der Waals surface area (Å²) in [6.07, 6.45) is 0. The number of aryl methyl sites for hydroxylation is 4. The minimum absolute atomic E-state index is 0.0582. The van der Waals surface area contributed by atoms with E-state index in [4.69, 9.17) is 14.0 Å². The maximum atomic E-state index is 14.2. The van der Waals surface area contributed by atoms with Gasteiger partial charge in [0.1, 0.15) is 53.7 Å². The number of para-hydroxylation sites is 2. The first-order valence-corrected chi connectivity index (χ1v) is 23.6. The Morgan fingerprint density at radius 1 is 0.597 bits per heavy atom. The summed E-state index contributed by atoms with van der Waals surface area (Å²) in [5.74, 6) is -3.42. The summed E-state index contributed by atoms with van der Waals surface area (Å²) in [5.41, 5.74) is 6.94. The first-order chi connectivity index (χ1) is 34.5. The molecule has 17 heteroatoms. The minimum atomic E-state index is -4.22. The smallest absolute Gasteiger partial charge is 0.335 e. The molecule has 0 saturated carbocycles. The van der Waals surface area contributed by atoms with Crippen molar-refractivity contribution >= 4 is 21.9 Å². The van der Waals surface area contributed by atoms with Crippen molar-refractivity contribution in [1.29, 1.82) is 0 Å². The molecule has 0 aliphatic heterocycles. The predicted molar refractivity (Wildman–Crippen MR) is 261 cm³/mol. The van der Waals surface area contributed by atoms with Crippen LogP contribution >= 0.6 is 0 Å². The van der Waals surface area contributed by atoms with Crippen LogP contribution in [0.5, 0.6) is 11.5 Å². The number of amides is 1. The molecule has 0 unspecified atom stereocenters. The van der Waals surface area contributed by atoms with Gasteiger partial charge in [-0.2, -0.15) is 0 Å². The zero-order valence-electron chi connectivity index (χ0n) is 39.0. The predicted octanol–water partition coefficient (Wildman–Crippen LogP) is 12.0. The molecule has 0 fully saturated rings. The number of hydrogen-bond acceptors (Lipinski definition) is 8. The number of carbonyl (C=O) groups is 2. The SMILES string of the molecule is Cc1ccc(-c2ccccc2OCc2ccc(F)cc2F)n1-c1cccc(C(=O)O)c1.Cc1noc(C)c1S(=O)(=O)NC(=O)c1cccc(-n2c(C)ccc2-c2ccccc2OCc2ccc(F)cc2F)c1. The first-order valence-electron chi connectivity index (χ1n) is 22.1. The molecule has 2 N–H and O–H groups in total. The Hall–Kier alpha value is -8.70. The Balaban J connectivity index is 0.000000200. The lowest BCUT2D eigenvalue weighted by Gasteiger charge is -2.16. The molecule has 0 aliphatic carbocycles. The molecule has 12 nitrogen and oxygen atoms in total. The third-order valence-corrected chi connectivity index (χ3v) is 13.0. The molecular formula is C55H44F4N4O8S. The fourth-order valence-electron chi connectivity index (χ4n) is 8.03. The number of aromatic nitrogens is 3. The quantitative estimate of drug-likeness (QED) is 0.101. The highest BCUT2D eigenvalue weighted by Gasteiger charge is 2.27. The Labute approximate surface area is 411 Å². The van der Waals surface area contributed by atoms with E-state index >= 15 is 0 Å². The molecule has 0 aliphatic rings. The first kappa shape index (κ1) is 49.7. The number of halogens is 4. The van der Waals surface area contributed by atoms with Crippen molar-refractivity contribution in [3.05, 3.63) is 226 Å². The number of carboxylic acids is 1. The van der Waals surface area contributed by atoms with Crippen LogP contribution in [0, 0.1) is 51.0 Å². The highest BCUT2D eigenvalue weighted by Crippen LogP contribution is 2.36. The fraction of sp³-hybridized carbons (Fsp3) is 0.109.